The van der Waals surface area contributed by atoms with Crippen LogP contribution in [0.4, 0.5) is 0 Å². The summed E-state index contributed by atoms with van der Waals surface area (Å²) in [6, 6.07) is 8.46. The van der Waals surface area contributed by atoms with Gasteiger partial charge in [-0.15, -0.1) is 0 Å². The normalized spacial score (nSPS) is 19.5. The van der Waals surface area contributed by atoms with Crippen molar-refractivity contribution in [1.29, 1.82) is 0 Å². The molecule has 98 valence electrons. The molecule has 1 heterocycles. The monoisotopic (exact) mass is 245 g/mol. The van der Waals surface area contributed by atoms with E-state index in [1.165, 1.54) is 24.9 Å². The zero-order valence-corrected chi connectivity index (χ0v) is 11.2. The Balaban J connectivity index is 1.91. The van der Waals surface area contributed by atoms with E-state index in [9.17, 15) is 0 Å². The number of ether oxygens (including phenoxy) is 1. The molecule has 1 N–H and O–H groups in total. The lowest BCUT2D eigenvalue weighted by molar-refractivity contribution is 0.350. The van der Waals surface area contributed by atoms with Gasteiger partial charge < -0.3 is 10.1 Å². The van der Waals surface area contributed by atoms with Crippen molar-refractivity contribution in [1.82, 2.24) is 5.32 Å². The third kappa shape index (κ3) is 4.19. The number of benzene rings is 1. The van der Waals surface area contributed by atoms with E-state index in [-0.39, 0.29) is 0 Å². The summed E-state index contributed by atoms with van der Waals surface area (Å²) >= 11 is 0. The number of nitrogens with one attached hydrogen (secondary N) is 1. The summed E-state index contributed by atoms with van der Waals surface area (Å²) in [6.07, 6.45) is 3.79. The molecule has 1 atom stereocenters. The maximum atomic E-state index is 5.68. The minimum atomic E-state index is 0.606. The average molecular weight is 245 g/mol. The largest absolute Gasteiger partial charge is 0.489 e. The van der Waals surface area contributed by atoms with E-state index < -0.39 is 0 Å². The van der Waals surface area contributed by atoms with Crippen LogP contribution in [0, 0.1) is 5.92 Å². The summed E-state index contributed by atoms with van der Waals surface area (Å²) < 4.78 is 5.68. The fourth-order valence-electron chi connectivity index (χ4n) is 2.40. The molecule has 0 saturated carbocycles. The molecule has 1 aromatic carbocycles. The molecule has 0 aliphatic carbocycles. The van der Waals surface area contributed by atoms with Crippen molar-refractivity contribution < 1.29 is 4.74 Å². The van der Waals surface area contributed by atoms with Crippen LogP contribution in [0.1, 0.15) is 25.3 Å². The molecule has 0 spiro atoms. The third-order valence-corrected chi connectivity index (χ3v) is 3.31. The van der Waals surface area contributed by atoms with Crippen molar-refractivity contribution in [2.24, 2.45) is 5.92 Å². The number of hydrogen-bond donors (Lipinski definition) is 1. The Morgan fingerprint density at radius 2 is 2.39 bits per heavy atom. The Morgan fingerprint density at radius 3 is 3.11 bits per heavy atom. The molecule has 1 aromatic rings. The van der Waals surface area contributed by atoms with Crippen LogP contribution >= 0.6 is 0 Å². The zero-order chi connectivity index (χ0) is 12.8. The molecule has 0 aromatic heterocycles. The van der Waals surface area contributed by atoms with Crippen molar-refractivity contribution in [3.63, 3.8) is 0 Å². The lowest BCUT2D eigenvalue weighted by Gasteiger charge is -2.22. The predicted molar refractivity (Wildman–Crippen MR) is 76.0 cm³/mol. The Hall–Kier alpha value is -1.28. The standard InChI is InChI=1S/C16H23NO/c1-13(2)12-18-16-7-3-5-14(10-16)9-15-6-4-8-17-11-15/h3,5,7,10,15,17H,1,4,6,8-9,11-12H2,2H3. The summed E-state index contributed by atoms with van der Waals surface area (Å²) in [7, 11) is 0. The second kappa shape index (κ2) is 6.60. The van der Waals surface area contributed by atoms with Crippen molar-refractivity contribution in [3.8, 4) is 5.75 Å². The molecule has 0 amide bonds. The van der Waals surface area contributed by atoms with Gasteiger partial charge in [0.25, 0.3) is 0 Å². The lowest BCUT2D eigenvalue weighted by atomic mass is 9.92. The molecular formula is C16H23NO. The first-order valence-electron chi connectivity index (χ1n) is 6.81. The first-order chi connectivity index (χ1) is 8.74. The lowest BCUT2D eigenvalue weighted by Crippen LogP contribution is -2.30. The zero-order valence-electron chi connectivity index (χ0n) is 11.2. The molecule has 2 rings (SSSR count). The second-order valence-corrected chi connectivity index (χ2v) is 5.31. The van der Waals surface area contributed by atoms with Crippen LogP contribution in [0.5, 0.6) is 5.75 Å². The highest BCUT2D eigenvalue weighted by Crippen LogP contribution is 2.20. The highest BCUT2D eigenvalue weighted by molar-refractivity contribution is 5.29. The van der Waals surface area contributed by atoms with Gasteiger partial charge in [0.1, 0.15) is 12.4 Å². The van der Waals surface area contributed by atoms with E-state index in [2.05, 4.69) is 30.1 Å². The highest BCUT2D eigenvalue weighted by Gasteiger charge is 2.13. The third-order valence-electron chi connectivity index (χ3n) is 3.31. The van der Waals surface area contributed by atoms with E-state index in [0.29, 0.717) is 6.61 Å². The van der Waals surface area contributed by atoms with Crippen LogP contribution in [0.3, 0.4) is 0 Å². The summed E-state index contributed by atoms with van der Waals surface area (Å²) in [5.41, 5.74) is 2.43. The maximum absolute atomic E-state index is 5.68. The van der Waals surface area contributed by atoms with E-state index in [1.807, 2.05) is 13.0 Å². The topological polar surface area (TPSA) is 21.3 Å². The summed E-state index contributed by atoms with van der Waals surface area (Å²) in [5, 5.41) is 3.47. The molecule has 2 heteroatoms. The highest BCUT2D eigenvalue weighted by atomic mass is 16.5. The van der Waals surface area contributed by atoms with Gasteiger partial charge in [-0.1, -0.05) is 18.7 Å². The van der Waals surface area contributed by atoms with Gasteiger partial charge in [-0.3, -0.25) is 0 Å². The van der Waals surface area contributed by atoms with Gasteiger partial charge in [-0.25, -0.2) is 0 Å². The molecule has 2 nitrogen and oxygen atoms in total. The number of piperidine rings is 1. The minimum absolute atomic E-state index is 0.606. The molecule has 1 saturated heterocycles. The summed E-state index contributed by atoms with van der Waals surface area (Å²) in [4.78, 5) is 0. The van der Waals surface area contributed by atoms with Crippen molar-refractivity contribution >= 4 is 0 Å². The van der Waals surface area contributed by atoms with Crippen LogP contribution < -0.4 is 10.1 Å². The smallest absolute Gasteiger partial charge is 0.120 e. The fraction of sp³-hybridized carbons (Fsp3) is 0.500. The van der Waals surface area contributed by atoms with Crippen molar-refractivity contribution in [2.45, 2.75) is 26.2 Å². The van der Waals surface area contributed by atoms with Crippen LogP contribution in [0.15, 0.2) is 36.4 Å². The molecule has 1 fully saturated rings. The van der Waals surface area contributed by atoms with Crippen LogP contribution in [0.25, 0.3) is 0 Å². The van der Waals surface area contributed by atoms with Crippen LogP contribution in [-0.4, -0.2) is 19.7 Å². The van der Waals surface area contributed by atoms with Gasteiger partial charge in [0.2, 0.25) is 0 Å². The van der Waals surface area contributed by atoms with E-state index in [1.54, 1.807) is 0 Å². The van der Waals surface area contributed by atoms with E-state index >= 15 is 0 Å². The number of hydrogen-bond acceptors (Lipinski definition) is 2. The van der Waals surface area contributed by atoms with E-state index in [4.69, 9.17) is 4.74 Å². The Bertz CT molecular complexity index is 394. The van der Waals surface area contributed by atoms with Gasteiger partial charge in [0.05, 0.1) is 0 Å². The van der Waals surface area contributed by atoms with Crippen LogP contribution in [-0.2, 0) is 6.42 Å². The van der Waals surface area contributed by atoms with Gasteiger partial charge in [0, 0.05) is 0 Å². The molecule has 18 heavy (non-hydrogen) atoms. The van der Waals surface area contributed by atoms with Gasteiger partial charge >= 0.3 is 0 Å². The molecule has 1 aliphatic heterocycles. The second-order valence-electron chi connectivity index (χ2n) is 5.31. The first kappa shape index (κ1) is 13.2. The van der Waals surface area contributed by atoms with E-state index in [0.717, 1.165) is 30.2 Å². The Kier molecular flexibility index (Phi) is 4.82. The Morgan fingerprint density at radius 1 is 1.50 bits per heavy atom. The predicted octanol–water partition coefficient (Wildman–Crippen LogP) is 3.18. The first-order valence-corrected chi connectivity index (χ1v) is 6.81. The average Bonchev–Trinajstić information content (AvgIpc) is 2.38. The summed E-state index contributed by atoms with van der Waals surface area (Å²) in [6.45, 7) is 8.77. The number of rotatable bonds is 5. The molecule has 0 radical (unpaired) electrons. The summed E-state index contributed by atoms with van der Waals surface area (Å²) in [5.74, 6) is 1.73. The fourth-order valence-corrected chi connectivity index (χ4v) is 2.40. The minimum Gasteiger partial charge on any atom is -0.489 e. The van der Waals surface area contributed by atoms with Crippen LogP contribution in [0.2, 0.25) is 0 Å². The Labute approximate surface area is 110 Å². The molecular weight excluding hydrogens is 222 g/mol. The molecule has 1 aliphatic rings. The van der Waals surface area contributed by atoms with Gasteiger partial charge in [0.15, 0.2) is 0 Å². The maximum Gasteiger partial charge on any atom is 0.120 e. The SMILES string of the molecule is C=C(C)COc1cccc(CC2CCCNC2)c1. The van der Waals surface area contributed by atoms with Gasteiger partial charge in [-0.2, -0.15) is 0 Å². The van der Waals surface area contributed by atoms with Crippen molar-refractivity contribution in [2.75, 3.05) is 19.7 Å². The van der Waals surface area contributed by atoms with Gasteiger partial charge in [-0.05, 0) is 68.5 Å². The quantitative estimate of drug-likeness (QED) is 0.804. The molecule has 1 unspecified atom stereocenters. The van der Waals surface area contributed by atoms with Crippen molar-refractivity contribution in [3.05, 3.63) is 42.0 Å². The molecule has 0 bridgehead atoms.